The fourth-order valence-corrected chi connectivity index (χ4v) is 2.91. The van der Waals surface area contributed by atoms with Gasteiger partial charge in [0.1, 0.15) is 5.75 Å². The summed E-state index contributed by atoms with van der Waals surface area (Å²) in [5.41, 5.74) is 3.93. The number of hydrogen-bond donors (Lipinski definition) is 0. The average molecular weight is 265 g/mol. The van der Waals surface area contributed by atoms with Crippen molar-refractivity contribution in [3.8, 4) is 5.75 Å². The van der Waals surface area contributed by atoms with Gasteiger partial charge in [-0.15, -0.1) is 6.58 Å². The Morgan fingerprint density at radius 3 is 2.70 bits per heavy atom. The highest BCUT2D eigenvalue weighted by atomic mass is 16.5. The third-order valence-corrected chi connectivity index (χ3v) is 3.92. The van der Waals surface area contributed by atoms with Crippen molar-refractivity contribution in [3.05, 3.63) is 72.3 Å². The van der Waals surface area contributed by atoms with E-state index in [1.807, 2.05) is 18.2 Å². The van der Waals surface area contributed by atoms with Gasteiger partial charge in [-0.1, -0.05) is 36.4 Å². The van der Waals surface area contributed by atoms with Crippen LogP contribution in [0.15, 0.2) is 61.2 Å². The molecule has 1 aliphatic heterocycles. The second-order valence-corrected chi connectivity index (χ2v) is 5.03. The number of hydrogen-bond acceptors (Lipinski definition) is 2. The summed E-state index contributed by atoms with van der Waals surface area (Å²) in [6.07, 6.45) is 3.08. The predicted molar refractivity (Wildman–Crippen MR) is 83.4 cm³/mol. The van der Waals surface area contributed by atoms with Crippen LogP contribution in [0.5, 0.6) is 5.75 Å². The fourth-order valence-electron chi connectivity index (χ4n) is 2.91. The van der Waals surface area contributed by atoms with E-state index in [-0.39, 0.29) is 6.04 Å². The second-order valence-electron chi connectivity index (χ2n) is 5.03. The van der Waals surface area contributed by atoms with E-state index in [0.717, 1.165) is 18.7 Å². The Morgan fingerprint density at radius 1 is 1.20 bits per heavy atom. The Hall–Kier alpha value is -2.22. The van der Waals surface area contributed by atoms with Crippen LogP contribution in [0, 0.1) is 0 Å². The number of nitrogens with zero attached hydrogens (tertiary/aromatic N) is 1. The molecule has 2 heteroatoms. The summed E-state index contributed by atoms with van der Waals surface area (Å²) in [5, 5.41) is 0. The van der Waals surface area contributed by atoms with Crippen LogP contribution < -0.4 is 9.64 Å². The molecule has 20 heavy (non-hydrogen) atoms. The monoisotopic (exact) mass is 265 g/mol. The lowest BCUT2D eigenvalue weighted by atomic mass is 10.1. The highest BCUT2D eigenvalue weighted by Gasteiger charge is 2.25. The standard InChI is InChI=1S/C18H19NO/c1-3-17(14-7-5-4-6-8-14)19-12-11-15-13-16(20-2)9-10-18(15)19/h3-10,13,17H,1,11-12H2,2H3/t17-/m0/s1. The van der Waals surface area contributed by atoms with E-state index in [1.165, 1.54) is 16.8 Å². The minimum absolute atomic E-state index is 0.228. The lowest BCUT2D eigenvalue weighted by Gasteiger charge is -2.28. The molecule has 0 saturated heterocycles. The van der Waals surface area contributed by atoms with E-state index in [2.05, 4.69) is 47.9 Å². The first-order valence-electron chi connectivity index (χ1n) is 6.94. The van der Waals surface area contributed by atoms with E-state index < -0.39 is 0 Å². The molecule has 1 aliphatic rings. The average Bonchev–Trinajstić information content (AvgIpc) is 2.92. The highest BCUT2D eigenvalue weighted by molar-refractivity contribution is 5.62. The van der Waals surface area contributed by atoms with Crippen molar-refractivity contribution in [3.63, 3.8) is 0 Å². The van der Waals surface area contributed by atoms with Crippen molar-refractivity contribution >= 4 is 5.69 Å². The van der Waals surface area contributed by atoms with Crippen LogP contribution in [-0.4, -0.2) is 13.7 Å². The molecule has 1 atom stereocenters. The van der Waals surface area contributed by atoms with Crippen LogP contribution in [0.4, 0.5) is 5.69 Å². The van der Waals surface area contributed by atoms with Gasteiger partial charge in [0.05, 0.1) is 13.2 Å². The Labute approximate surface area is 120 Å². The minimum atomic E-state index is 0.228. The molecule has 102 valence electrons. The molecule has 2 aromatic rings. The SMILES string of the molecule is C=C[C@@H](c1ccccc1)N1CCc2cc(OC)ccc21. The van der Waals surface area contributed by atoms with Crippen LogP contribution in [0.25, 0.3) is 0 Å². The molecular formula is C18H19NO. The summed E-state index contributed by atoms with van der Waals surface area (Å²) in [4.78, 5) is 2.41. The summed E-state index contributed by atoms with van der Waals surface area (Å²) in [7, 11) is 1.71. The van der Waals surface area contributed by atoms with Gasteiger partial charge in [0.15, 0.2) is 0 Å². The topological polar surface area (TPSA) is 12.5 Å². The van der Waals surface area contributed by atoms with Gasteiger partial charge in [-0.05, 0) is 35.7 Å². The second kappa shape index (κ2) is 5.41. The smallest absolute Gasteiger partial charge is 0.119 e. The van der Waals surface area contributed by atoms with Gasteiger partial charge >= 0.3 is 0 Å². The molecule has 0 saturated carbocycles. The van der Waals surface area contributed by atoms with E-state index in [0.29, 0.717) is 0 Å². The molecule has 0 spiro atoms. The highest BCUT2D eigenvalue weighted by Crippen LogP contribution is 2.37. The van der Waals surface area contributed by atoms with Crippen molar-refractivity contribution in [2.75, 3.05) is 18.6 Å². The van der Waals surface area contributed by atoms with Gasteiger partial charge in [-0.2, -0.15) is 0 Å². The number of benzene rings is 2. The molecule has 2 nitrogen and oxygen atoms in total. The maximum Gasteiger partial charge on any atom is 0.119 e. The maximum atomic E-state index is 5.31. The molecule has 0 N–H and O–H groups in total. The van der Waals surface area contributed by atoms with Gasteiger partial charge in [-0.25, -0.2) is 0 Å². The molecule has 0 radical (unpaired) electrons. The number of anilines is 1. The summed E-state index contributed by atoms with van der Waals surface area (Å²) >= 11 is 0. The van der Waals surface area contributed by atoms with Crippen molar-refractivity contribution in [1.29, 1.82) is 0 Å². The number of ether oxygens (including phenoxy) is 1. The number of fused-ring (bicyclic) bond motifs is 1. The van der Waals surface area contributed by atoms with E-state index >= 15 is 0 Å². The van der Waals surface area contributed by atoms with Gasteiger partial charge < -0.3 is 9.64 Å². The lowest BCUT2D eigenvalue weighted by Crippen LogP contribution is -2.25. The van der Waals surface area contributed by atoms with Gasteiger partial charge in [-0.3, -0.25) is 0 Å². The van der Waals surface area contributed by atoms with Crippen molar-refractivity contribution < 1.29 is 4.74 Å². The van der Waals surface area contributed by atoms with E-state index in [1.54, 1.807) is 7.11 Å². The van der Waals surface area contributed by atoms with Gasteiger partial charge in [0.2, 0.25) is 0 Å². The molecule has 0 bridgehead atoms. The molecule has 1 heterocycles. The third-order valence-electron chi connectivity index (χ3n) is 3.92. The zero-order valence-electron chi connectivity index (χ0n) is 11.8. The van der Waals surface area contributed by atoms with Crippen molar-refractivity contribution in [2.45, 2.75) is 12.5 Å². The first-order chi connectivity index (χ1) is 9.83. The van der Waals surface area contributed by atoms with Gasteiger partial charge in [0, 0.05) is 12.2 Å². The quantitative estimate of drug-likeness (QED) is 0.775. The summed E-state index contributed by atoms with van der Waals surface area (Å²) in [6, 6.07) is 17.1. The van der Waals surface area contributed by atoms with Crippen LogP contribution in [0.2, 0.25) is 0 Å². The zero-order valence-corrected chi connectivity index (χ0v) is 11.8. The summed E-state index contributed by atoms with van der Waals surface area (Å²) in [5.74, 6) is 0.931. The first-order valence-corrected chi connectivity index (χ1v) is 6.94. The van der Waals surface area contributed by atoms with Gasteiger partial charge in [0.25, 0.3) is 0 Å². The molecule has 3 rings (SSSR count). The van der Waals surface area contributed by atoms with E-state index in [4.69, 9.17) is 4.74 Å². The molecule has 0 unspecified atom stereocenters. The maximum absolute atomic E-state index is 5.31. The molecule has 0 amide bonds. The van der Waals surface area contributed by atoms with Crippen molar-refractivity contribution in [2.24, 2.45) is 0 Å². The minimum Gasteiger partial charge on any atom is -0.497 e. The lowest BCUT2D eigenvalue weighted by molar-refractivity contribution is 0.414. The fraction of sp³-hybridized carbons (Fsp3) is 0.222. The third kappa shape index (κ3) is 2.18. The molecular weight excluding hydrogens is 246 g/mol. The largest absolute Gasteiger partial charge is 0.497 e. The predicted octanol–water partition coefficient (Wildman–Crippen LogP) is 3.99. The molecule has 0 aromatic heterocycles. The molecule has 0 aliphatic carbocycles. The molecule has 0 fully saturated rings. The summed E-state index contributed by atoms with van der Waals surface area (Å²) in [6.45, 7) is 5.04. The Bertz CT molecular complexity index is 606. The normalized spacial score (nSPS) is 14.8. The summed E-state index contributed by atoms with van der Waals surface area (Å²) < 4.78 is 5.31. The zero-order chi connectivity index (χ0) is 13.9. The number of methoxy groups -OCH3 is 1. The van der Waals surface area contributed by atoms with Crippen LogP contribution in [0.3, 0.4) is 0 Å². The van der Waals surface area contributed by atoms with Crippen molar-refractivity contribution in [1.82, 2.24) is 0 Å². The first kappa shape index (κ1) is 12.8. The Balaban J connectivity index is 1.95. The Morgan fingerprint density at radius 2 is 2.00 bits per heavy atom. The molecule has 2 aromatic carbocycles. The van der Waals surface area contributed by atoms with Crippen LogP contribution in [-0.2, 0) is 6.42 Å². The van der Waals surface area contributed by atoms with Crippen LogP contribution in [0.1, 0.15) is 17.2 Å². The number of rotatable bonds is 4. The van der Waals surface area contributed by atoms with Crippen LogP contribution >= 0.6 is 0 Å². The Kier molecular flexibility index (Phi) is 3.46. The van der Waals surface area contributed by atoms with E-state index in [9.17, 15) is 0 Å².